The first-order valence-electron chi connectivity index (χ1n) is 9.35. The fourth-order valence-electron chi connectivity index (χ4n) is 2.54. The predicted molar refractivity (Wildman–Crippen MR) is 122 cm³/mol. The highest BCUT2D eigenvalue weighted by molar-refractivity contribution is 7.80. The van der Waals surface area contributed by atoms with Gasteiger partial charge in [-0.15, -0.1) is 0 Å². The Morgan fingerprint density at radius 2 is 1.70 bits per heavy atom. The third-order valence-corrected chi connectivity index (χ3v) is 4.08. The van der Waals surface area contributed by atoms with Crippen molar-refractivity contribution in [2.24, 2.45) is 5.10 Å². The monoisotopic (exact) mass is 419 g/mol. The van der Waals surface area contributed by atoms with Crippen LogP contribution in [0.5, 0.6) is 11.5 Å². The zero-order chi connectivity index (χ0) is 21.2. The number of carbonyl (C=O) groups is 1. The zero-order valence-electron chi connectivity index (χ0n) is 16.4. The summed E-state index contributed by atoms with van der Waals surface area (Å²) < 4.78 is 11.1. The maximum Gasteiger partial charge on any atom is 0.343 e. The molecule has 0 fully saturated rings. The predicted octanol–water partition coefficient (Wildman–Crippen LogP) is 4.63. The molecule has 3 aromatic rings. The van der Waals surface area contributed by atoms with E-state index < -0.39 is 5.97 Å². The van der Waals surface area contributed by atoms with E-state index in [2.05, 4.69) is 15.8 Å². The normalized spacial score (nSPS) is 10.4. The van der Waals surface area contributed by atoms with Crippen LogP contribution in [-0.2, 0) is 0 Å². The Hall–Kier alpha value is -3.71. The van der Waals surface area contributed by atoms with E-state index in [0.29, 0.717) is 28.8 Å². The van der Waals surface area contributed by atoms with E-state index in [1.807, 2.05) is 43.3 Å². The first-order valence-corrected chi connectivity index (χ1v) is 9.75. The van der Waals surface area contributed by atoms with Gasteiger partial charge >= 0.3 is 5.97 Å². The third kappa shape index (κ3) is 6.15. The number of benzene rings is 3. The van der Waals surface area contributed by atoms with Crippen molar-refractivity contribution in [2.45, 2.75) is 6.92 Å². The van der Waals surface area contributed by atoms with Crippen molar-refractivity contribution in [2.75, 3.05) is 11.9 Å². The van der Waals surface area contributed by atoms with E-state index >= 15 is 0 Å². The fraction of sp³-hybridized carbons (Fsp3) is 0.0870. The maximum atomic E-state index is 12.3. The average molecular weight is 420 g/mol. The standard InChI is InChI=1S/C23H21N3O3S/c1-2-28-21-15-17(16-24-26-23(30)25-19-11-7-4-8-12-19)13-14-20(21)29-22(27)18-9-5-3-6-10-18/h3-16H,2H2,1H3,(H2,25,26,30)/b24-16-. The second kappa shape index (κ2) is 10.7. The molecule has 3 rings (SSSR count). The van der Waals surface area contributed by atoms with Gasteiger partial charge in [-0.1, -0.05) is 36.4 Å². The molecule has 0 aliphatic heterocycles. The number of anilines is 1. The van der Waals surface area contributed by atoms with Gasteiger partial charge in [-0.25, -0.2) is 4.79 Å². The number of nitrogens with one attached hydrogen (secondary N) is 2. The summed E-state index contributed by atoms with van der Waals surface area (Å²) in [4.78, 5) is 12.3. The van der Waals surface area contributed by atoms with Gasteiger partial charge in [-0.3, -0.25) is 5.43 Å². The van der Waals surface area contributed by atoms with Crippen molar-refractivity contribution in [3.63, 3.8) is 0 Å². The highest BCUT2D eigenvalue weighted by atomic mass is 32.1. The minimum atomic E-state index is -0.447. The summed E-state index contributed by atoms with van der Waals surface area (Å²) in [6.07, 6.45) is 1.60. The summed E-state index contributed by atoms with van der Waals surface area (Å²) in [5.74, 6) is 0.352. The molecule has 3 aromatic carbocycles. The Bertz CT molecular complexity index is 1020. The molecule has 0 atom stereocenters. The minimum absolute atomic E-state index is 0.345. The lowest BCUT2D eigenvalue weighted by Gasteiger charge is -2.11. The Morgan fingerprint density at radius 3 is 2.40 bits per heavy atom. The van der Waals surface area contributed by atoms with Gasteiger partial charge in [0.2, 0.25) is 0 Å². The summed E-state index contributed by atoms with van der Waals surface area (Å²) in [6, 6.07) is 23.5. The second-order valence-corrected chi connectivity index (χ2v) is 6.49. The molecule has 152 valence electrons. The van der Waals surface area contributed by atoms with Crippen molar-refractivity contribution in [1.82, 2.24) is 5.43 Å². The molecule has 0 aromatic heterocycles. The van der Waals surface area contributed by atoms with Gasteiger partial charge in [-0.2, -0.15) is 5.10 Å². The molecule has 0 amide bonds. The van der Waals surface area contributed by atoms with Crippen LogP contribution in [0.25, 0.3) is 0 Å². The van der Waals surface area contributed by atoms with Crippen LogP contribution in [0.1, 0.15) is 22.8 Å². The third-order valence-electron chi connectivity index (χ3n) is 3.89. The Morgan fingerprint density at radius 1 is 1.00 bits per heavy atom. The number of hydrogen-bond acceptors (Lipinski definition) is 5. The molecule has 2 N–H and O–H groups in total. The van der Waals surface area contributed by atoms with Crippen molar-refractivity contribution in [1.29, 1.82) is 0 Å². The van der Waals surface area contributed by atoms with Gasteiger partial charge in [0.1, 0.15) is 0 Å². The van der Waals surface area contributed by atoms with Gasteiger partial charge in [0, 0.05) is 5.69 Å². The number of hydrazone groups is 1. The first kappa shape index (κ1) is 21.0. The molecule has 6 nitrogen and oxygen atoms in total. The molecule has 7 heteroatoms. The lowest BCUT2D eigenvalue weighted by molar-refractivity contribution is 0.0728. The topological polar surface area (TPSA) is 71.9 Å². The molecule has 0 saturated heterocycles. The second-order valence-electron chi connectivity index (χ2n) is 6.08. The minimum Gasteiger partial charge on any atom is -0.490 e. The number of rotatable bonds is 7. The number of esters is 1. The Balaban J connectivity index is 1.64. The van der Waals surface area contributed by atoms with E-state index in [0.717, 1.165) is 11.3 Å². The number of hydrogen-bond donors (Lipinski definition) is 2. The zero-order valence-corrected chi connectivity index (χ0v) is 17.2. The first-order chi connectivity index (χ1) is 14.7. The Kier molecular flexibility index (Phi) is 7.51. The van der Waals surface area contributed by atoms with Gasteiger partial charge in [0.25, 0.3) is 0 Å². The van der Waals surface area contributed by atoms with Gasteiger partial charge in [0.05, 0.1) is 18.4 Å². The molecular weight excluding hydrogens is 398 g/mol. The van der Waals surface area contributed by atoms with Crippen LogP contribution >= 0.6 is 12.2 Å². The van der Waals surface area contributed by atoms with Gasteiger partial charge in [-0.05, 0) is 67.2 Å². The molecule has 0 aliphatic carbocycles. The van der Waals surface area contributed by atoms with Gasteiger partial charge < -0.3 is 14.8 Å². The van der Waals surface area contributed by atoms with Crippen molar-refractivity contribution in [3.05, 3.63) is 90.0 Å². The van der Waals surface area contributed by atoms with Crippen LogP contribution in [0.4, 0.5) is 5.69 Å². The molecule has 0 saturated carbocycles. The van der Waals surface area contributed by atoms with E-state index in [4.69, 9.17) is 21.7 Å². The van der Waals surface area contributed by atoms with Crippen molar-refractivity contribution < 1.29 is 14.3 Å². The highest BCUT2D eigenvalue weighted by Gasteiger charge is 2.12. The number of para-hydroxylation sites is 1. The molecule has 0 spiro atoms. The highest BCUT2D eigenvalue weighted by Crippen LogP contribution is 2.29. The molecular formula is C23H21N3O3S. The van der Waals surface area contributed by atoms with Crippen molar-refractivity contribution >= 4 is 35.2 Å². The fourth-order valence-corrected chi connectivity index (χ4v) is 2.71. The lowest BCUT2D eigenvalue weighted by Crippen LogP contribution is -2.23. The summed E-state index contributed by atoms with van der Waals surface area (Å²) in [5.41, 5.74) is 4.86. The summed E-state index contributed by atoms with van der Waals surface area (Å²) >= 11 is 5.22. The molecule has 0 bridgehead atoms. The van der Waals surface area contributed by atoms with Crippen LogP contribution in [0.2, 0.25) is 0 Å². The molecule has 0 heterocycles. The number of thiocarbonyl (C=S) groups is 1. The van der Waals surface area contributed by atoms with Crippen LogP contribution in [0.3, 0.4) is 0 Å². The van der Waals surface area contributed by atoms with Crippen molar-refractivity contribution in [3.8, 4) is 11.5 Å². The SMILES string of the molecule is CCOc1cc(/C=N\NC(=S)Nc2ccccc2)ccc1OC(=O)c1ccccc1. The smallest absolute Gasteiger partial charge is 0.343 e. The summed E-state index contributed by atoms with van der Waals surface area (Å²) in [5, 5.41) is 7.54. The summed E-state index contributed by atoms with van der Waals surface area (Å²) in [6.45, 7) is 2.29. The largest absolute Gasteiger partial charge is 0.490 e. The number of carbonyl (C=O) groups excluding carboxylic acids is 1. The van der Waals surface area contributed by atoms with Crippen LogP contribution in [0, 0.1) is 0 Å². The number of nitrogens with zero attached hydrogens (tertiary/aromatic N) is 1. The van der Waals surface area contributed by atoms with E-state index in [9.17, 15) is 4.79 Å². The summed E-state index contributed by atoms with van der Waals surface area (Å²) in [7, 11) is 0. The van der Waals surface area contributed by atoms with Crippen LogP contribution in [-0.4, -0.2) is 23.9 Å². The Labute approximate surface area is 180 Å². The average Bonchev–Trinajstić information content (AvgIpc) is 2.77. The van der Waals surface area contributed by atoms with Crippen LogP contribution < -0.4 is 20.2 Å². The molecule has 30 heavy (non-hydrogen) atoms. The molecule has 0 unspecified atom stereocenters. The quantitative estimate of drug-likeness (QED) is 0.191. The lowest BCUT2D eigenvalue weighted by atomic mass is 10.2. The van der Waals surface area contributed by atoms with E-state index in [1.165, 1.54) is 0 Å². The maximum absolute atomic E-state index is 12.3. The number of ether oxygens (including phenoxy) is 2. The van der Waals surface area contributed by atoms with Gasteiger partial charge in [0.15, 0.2) is 16.6 Å². The molecule has 0 radical (unpaired) electrons. The van der Waals surface area contributed by atoms with E-state index in [-0.39, 0.29) is 0 Å². The molecule has 0 aliphatic rings. The van der Waals surface area contributed by atoms with E-state index in [1.54, 1.807) is 48.7 Å². The van der Waals surface area contributed by atoms with Crippen LogP contribution in [0.15, 0.2) is 84.0 Å².